The third-order valence-electron chi connectivity index (χ3n) is 2.59. The number of aryl methyl sites for hydroxylation is 1. The Bertz CT molecular complexity index is 572. The molecule has 7 heteroatoms. The van der Waals surface area contributed by atoms with Crippen LogP contribution in [0.25, 0.3) is 0 Å². The Kier molecular flexibility index (Phi) is 3.71. The second-order valence-corrected chi connectivity index (χ2v) is 4.15. The lowest BCUT2D eigenvalue weighted by Gasteiger charge is -2.03. The number of rotatable bonds is 5. The highest BCUT2D eigenvalue weighted by Gasteiger charge is 2.31. The highest BCUT2D eigenvalue weighted by Crippen LogP contribution is 2.32. The maximum absolute atomic E-state index is 11.7. The molecule has 19 heavy (non-hydrogen) atoms. The first-order valence-electron chi connectivity index (χ1n) is 5.81. The van der Waals surface area contributed by atoms with E-state index in [-0.39, 0.29) is 29.2 Å². The van der Waals surface area contributed by atoms with Crippen LogP contribution in [-0.4, -0.2) is 27.8 Å². The maximum Gasteiger partial charge on any atom is 0.321 e. The summed E-state index contributed by atoms with van der Waals surface area (Å²) in [6.07, 6.45) is 3.04. The van der Waals surface area contributed by atoms with Crippen molar-refractivity contribution in [2.45, 2.75) is 19.8 Å². The number of carbonyl (C=O) groups excluding carboxylic acids is 1. The van der Waals surface area contributed by atoms with E-state index < -0.39 is 0 Å². The van der Waals surface area contributed by atoms with Crippen molar-refractivity contribution in [3.8, 4) is 12.1 Å². The molecule has 1 heterocycles. The van der Waals surface area contributed by atoms with Crippen molar-refractivity contribution < 1.29 is 9.53 Å². The number of carbonyl (C=O) groups is 1. The van der Waals surface area contributed by atoms with Crippen LogP contribution in [0.2, 0.25) is 0 Å². The molecular formula is C12H13N5O2. The van der Waals surface area contributed by atoms with Crippen LogP contribution in [0.3, 0.4) is 0 Å². The fourth-order valence-corrected chi connectivity index (χ4v) is 1.47. The maximum atomic E-state index is 11.7. The number of nitrogens with one attached hydrogen (secondary N) is 1. The van der Waals surface area contributed by atoms with Gasteiger partial charge in [0.2, 0.25) is 5.95 Å². The van der Waals surface area contributed by atoms with Crippen LogP contribution in [-0.2, 0) is 4.79 Å². The summed E-state index contributed by atoms with van der Waals surface area (Å²) >= 11 is 0. The number of nitrogens with zero attached hydrogens (tertiary/aromatic N) is 4. The molecule has 1 fully saturated rings. The Morgan fingerprint density at radius 2 is 2.21 bits per heavy atom. The van der Waals surface area contributed by atoms with Crippen molar-refractivity contribution in [3.05, 3.63) is 17.6 Å². The fraction of sp³-hybridized carbons (Fsp3) is 0.417. The Balaban J connectivity index is 2.13. The van der Waals surface area contributed by atoms with E-state index in [2.05, 4.69) is 20.3 Å². The summed E-state index contributed by atoms with van der Waals surface area (Å²) < 4.78 is 4.91. The van der Waals surface area contributed by atoms with E-state index in [1.54, 1.807) is 6.92 Å². The zero-order chi connectivity index (χ0) is 13.8. The molecule has 0 saturated heterocycles. The minimum Gasteiger partial charge on any atom is -0.467 e. The number of methoxy groups -OCH3 is 1. The lowest BCUT2D eigenvalue weighted by molar-refractivity contribution is -0.116. The Morgan fingerprint density at radius 3 is 2.79 bits per heavy atom. The molecule has 0 amide bonds. The van der Waals surface area contributed by atoms with Crippen LogP contribution in [0.1, 0.15) is 18.7 Å². The van der Waals surface area contributed by atoms with E-state index in [1.165, 1.54) is 13.3 Å². The second kappa shape index (κ2) is 5.44. The largest absolute Gasteiger partial charge is 0.467 e. The van der Waals surface area contributed by atoms with Crippen LogP contribution >= 0.6 is 0 Å². The van der Waals surface area contributed by atoms with E-state index in [9.17, 15) is 4.79 Å². The summed E-state index contributed by atoms with van der Waals surface area (Å²) in [5.74, 6) is 0.588. The molecule has 1 N–H and O–H groups in total. The number of aromatic nitrogens is 3. The van der Waals surface area contributed by atoms with Gasteiger partial charge in [0.05, 0.1) is 7.11 Å². The summed E-state index contributed by atoms with van der Waals surface area (Å²) in [5, 5.41) is 11.7. The standard InChI is InChI=1S/C12H13N5O2/c1-7-15-11(17-12(16-7)19-2)14-6-9(5-13)10(18)8-3-4-8/h6,8H,3-4H2,1-2H3,(H,14,15,16,17). The molecular weight excluding hydrogens is 246 g/mol. The third-order valence-corrected chi connectivity index (χ3v) is 2.59. The number of nitriles is 1. The smallest absolute Gasteiger partial charge is 0.321 e. The number of allylic oxidation sites excluding steroid dienone is 1. The number of Topliss-reactive ketones (excluding diaryl/α,β-unsaturated/α-hetero) is 1. The highest BCUT2D eigenvalue weighted by atomic mass is 16.5. The molecule has 1 aromatic rings. The minimum atomic E-state index is -0.132. The van der Waals surface area contributed by atoms with Crippen molar-refractivity contribution in [1.82, 2.24) is 15.0 Å². The van der Waals surface area contributed by atoms with Crippen LogP contribution in [0.4, 0.5) is 5.95 Å². The van der Waals surface area contributed by atoms with Gasteiger partial charge in [-0.2, -0.15) is 20.2 Å². The average molecular weight is 259 g/mol. The lowest BCUT2D eigenvalue weighted by atomic mass is 10.1. The molecule has 0 unspecified atom stereocenters. The van der Waals surface area contributed by atoms with Crippen molar-refractivity contribution >= 4 is 11.7 Å². The van der Waals surface area contributed by atoms with Crippen LogP contribution in [0, 0.1) is 24.2 Å². The first kappa shape index (κ1) is 13.0. The second-order valence-electron chi connectivity index (χ2n) is 4.15. The monoisotopic (exact) mass is 259 g/mol. The van der Waals surface area contributed by atoms with Crippen molar-refractivity contribution in [2.75, 3.05) is 12.4 Å². The number of ketones is 1. The van der Waals surface area contributed by atoms with Gasteiger partial charge >= 0.3 is 6.01 Å². The number of hydrogen-bond acceptors (Lipinski definition) is 7. The molecule has 1 aliphatic carbocycles. The molecule has 7 nitrogen and oxygen atoms in total. The predicted octanol–water partition coefficient (Wildman–Crippen LogP) is 0.987. The predicted molar refractivity (Wildman–Crippen MR) is 66.2 cm³/mol. The van der Waals surface area contributed by atoms with Crippen molar-refractivity contribution in [1.29, 1.82) is 5.26 Å². The fourth-order valence-electron chi connectivity index (χ4n) is 1.47. The molecule has 0 radical (unpaired) electrons. The third kappa shape index (κ3) is 3.25. The summed E-state index contributed by atoms with van der Waals surface area (Å²) in [7, 11) is 1.45. The SMILES string of the molecule is COc1nc(C)nc(NC=C(C#N)C(=O)C2CC2)n1. The van der Waals surface area contributed by atoms with E-state index >= 15 is 0 Å². The number of hydrogen-bond donors (Lipinski definition) is 1. The molecule has 98 valence electrons. The van der Waals surface area contributed by atoms with Gasteiger partial charge in [-0.25, -0.2) is 0 Å². The normalized spacial score (nSPS) is 14.7. The lowest BCUT2D eigenvalue weighted by Crippen LogP contribution is -2.07. The van der Waals surface area contributed by atoms with Crippen LogP contribution < -0.4 is 10.1 Å². The highest BCUT2D eigenvalue weighted by molar-refractivity contribution is 6.02. The molecule has 0 atom stereocenters. The van der Waals surface area contributed by atoms with E-state index in [4.69, 9.17) is 10.00 Å². The van der Waals surface area contributed by atoms with Crippen molar-refractivity contribution in [3.63, 3.8) is 0 Å². The van der Waals surface area contributed by atoms with Gasteiger partial charge in [-0.1, -0.05) is 0 Å². The van der Waals surface area contributed by atoms with Gasteiger partial charge in [-0.3, -0.25) is 4.79 Å². The Hall–Kier alpha value is -2.49. The van der Waals surface area contributed by atoms with Gasteiger partial charge in [0.1, 0.15) is 17.5 Å². The van der Waals surface area contributed by atoms with Gasteiger partial charge in [0, 0.05) is 12.1 Å². The summed E-state index contributed by atoms with van der Waals surface area (Å²) in [6, 6.07) is 2.06. The van der Waals surface area contributed by atoms with E-state index in [0.29, 0.717) is 5.82 Å². The molecule has 0 aliphatic heterocycles. The topological polar surface area (TPSA) is 101 Å². The van der Waals surface area contributed by atoms with Gasteiger partial charge in [-0.05, 0) is 19.8 Å². The zero-order valence-electron chi connectivity index (χ0n) is 10.7. The molecule has 0 spiro atoms. The van der Waals surface area contributed by atoms with Crippen molar-refractivity contribution in [2.24, 2.45) is 5.92 Å². The molecule has 2 rings (SSSR count). The van der Waals surface area contributed by atoms with Gasteiger partial charge in [-0.15, -0.1) is 0 Å². The molecule has 1 aliphatic rings. The molecule has 0 bridgehead atoms. The van der Waals surface area contributed by atoms with Gasteiger partial charge in [0.15, 0.2) is 5.78 Å². The summed E-state index contributed by atoms with van der Waals surface area (Å²) in [6.45, 7) is 1.69. The first-order chi connectivity index (χ1) is 9.13. The Labute approximate surface area is 110 Å². The molecule has 1 aromatic heterocycles. The average Bonchev–Trinajstić information content (AvgIpc) is 3.22. The molecule has 1 saturated carbocycles. The quantitative estimate of drug-likeness (QED) is 0.621. The summed E-state index contributed by atoms with van der Waals surface area (Å²) in [5.41, 5.74) is 0.0829. The summed E-state index contributed by atoms with van der Waals surface area (Å²) in [4.78, 5) is 23.7. The first-order valence-corrected chi connectivity index (χ1v) is 5.81. The molecule has 0 aromatic carbocycles. The van der Waals surface area contributed by atoms with Crippen LogP contribution in [0.15, 0.2) is 11.8 Å². The van der Waals surface area contributed by atoms with E-state index in [0.717, 1.165) is 12.8 Å². The minimum absolute atomic E-state index is 0.00216. The van der Waals surface area contributed by atoms with Gasteiger partial charge < -0.3 is 10.1 Å². The zero-order valence-corrected chi connectivity index (χ0v) is 10.7. The van der Waals surface area contributed by atoms with Gasteiger partial charge in [0.25, 0.3) is 0 Å². The van der Waals surface area contributed by atoms with E-state index in [1.807, 2.05) is 6.07 Å². The number of anilines is 1. The van der Waals surface area contributed by atoms with Crippen LogP contribution in [0.5, 0.6) is 6.01 Å². The number of ether oxygens (including phenoxy) is 1. The Morgan fingerprint density at radius 1 is 1.47 bits per heavy atom.